The van der Waals surface area contributed by atoms with Crippen molar-refractivity contribution in [1.82, 2.24) is 0 Å². The second-order valence-electron chi connectivity index (χ2n) is 6.44. The van der Waals surface area contributed by atoms with E-state index in [4.69, 9.17) is 9.47 Å². The molecule has 0 saturated heterocycles. The van der Waals surface area contributed by atoms with Gasteiger partial charge in [-0.15, -0.1) is 0 Å². The molecule has 0 aliphatic carbocycles. The summed E-state index contributed by atoms with van der Waals surface area (Å²) in [5.41, 5.74) is 0.886. The molecule has 2 rings (SSSR count). The van der Waals surface area contributed by atoms with E-state index in [-0.39, 0.29) is 22.1 Å². The van der Waals surface area contributed by atoms with Crippen molar-refractivity contribution in [2.75, 3.05) is 6.61 Å². The summed E-state index contributed by atoms with van der Waals surface area (Å²) < 4.78 is 46.3. The van der Waals surface area contributed by atoms with E-state index < -0.39 is 28.7 Å². The molecule has 0 fully saturated rings. The van der Waals surface area contributed by atoms with Gasteiger partial charge in [0.05, 0.1) is 10.5 Å². The third-order valence-electron chi connectivity index (χ3n) is 3.89. The van der Waals surface area contributed by atoms with Crippen LogP contribution < -0.4 is 4.74 Å². The third kappa shape index (κ3) is 6.36. The number of halogens is 2. The first-order valence-corrected chi connectivity index (χ1v) is 11.9. The monoisotopic (exact) mass is 643 g/mol. The number of benzene rings is 2. The SMILES string of the molecule is Cc1cc(S(=O)(=O)[O-])c(C(C)C)cc1OC(=O)COC(=O)c1ccc(I)cc1I. The standard InChI is InChI=1S/C19H18I2O7S/c1-10(2)14-8-16(11(3)6-17(14)29(24,25)26)28-18(22)9-27-19(23)13-5-4-12(20)7-15(13)21/h4-8,10H,9H2,1-3H3,(H,24,25,26)/p-1. The molecule has 0 saturated carbocycles. The zero-order chi connectivity index (χ0) is 21.9. The van der Waals surface area contributed by atoms with Crippen LogP contribution in [-0.4, -0.2) is 31.5 Å². The second kappa shape index (κ2) is 9.71. The van der Waals surface area contributed by atoms with E-state index in [1.165, 1.54) is 19.1 Å². The Kier molecular flexibility index (Phi) is 8.04. The second-order valence-corrected chi connectivity index (χ2v) is 10.2. The normalized spacial score (nSPS) is 11.4. The van der Waals surface area contributed by atoms with Crippen LogP contribution in [0.2, 0.25) is 0 Å². The van der Waals surface area contributed by atoms with Crippen LogP contribution in [0.15, 0.2) is 35.2 Å². The van der Waals surface area contributed by atoms with Crippen LogP contribution >= 0.6 is 45.2 Å². The molecule has 0 N–H and O–H groups in total. The average molecular weight is 643 g/mol. The molecule has 0 radical (unpaired) electrons. The summed E-state index contributed by atoms with van der Waals surface area (Å²) in [7, 11) is -4.67. The maximum absolute atomic E-state index is 12.2. The van der Waals surface area contributed by atoms with Crippen molar-refractivity contribution in [2.24, 2.45) is 0 Å². The first-order valence-electron chi connectivity index (χ1n) is 8.33. The highest BCUT2D eigenvalue weighted by Gasteiger charge is 2.19. The van der Waals surface area contributed by atoms with E-state index in [0.29, 0.717) is 14.7 Å². The van der Waals surface area contributed by atoms with Gasteiger partial charge in [-0.3, -0.25) is 0 Å². The van der Waals surface area contributed by atoms with Crippen molar-refractivity contribution in [3.8, 4) is 5.75 Å². The van der Waals surface area contributed by atoms with Crippen molar-refractivity contribution in [3.63, 3.8) is 0 Å². The molecular weight excluding hydrogens is 626 g/mol. The van der Waals surface area contributed by atoms with Crippen LogP contribution in [0, 0.1) is 14.1 Å². The Morgan fingerprint density at radius 1 is 1.14 bits per heavy atom. The van der Waals surface area contributed by atoms with E-state index in [0.717, 1.165) is 3.57 Å². The number of aryl methyl sites for hydroxylation is 1. The van der Waals surface area contributed by atoms with E-state index in [9.17, 15) is 22.6 Å². The summed E-state index contributed by atoms with van der Waals surface area (Å²) in [5.74, 6) is -1.66. The van der Waals surface area contributed by atoms with Crippen LogP contribution in [0.3, 0.4) is 0 Å². The molecule has 0 aliphatic rings. The Morgan fingerprint density at radius 3 is 2.34 bits per heavy atom. The highest BCUT2D eigenvalue weighted by Crippen LogP contribution is 2.31. The predicted octanol–water partition coefficient (Wildman–Crippen LogP) is 3.99. The molecule has 0 atom stereocenters. The maximum Gasteiger partial charge on any atom is 0.349 e. The summed E-state index contributed by atoms with van der Waals surface area (Å²) in [6.45, 7) is 4.34. The van der Waals surface area contributed by atoms with Gasteiger partial charge in [0.1, 0.15) is 15.9 Å². The number of hydrogen-bond donors (Lipinski definition) is 0. The minimum absolute atomic E-state index is 0.103. The van der Waals surface area contributed by atoms with Crippen LogP contribution in [0.25, 0.3) is 0 Å². The van der Waals surface area contributed by atoms with Gasteiger partial charge in [0, 0.05) is 7.14 Å². The molecule has 0 aromatic heterocycles. The summed E-state index contributed by atoms with van der Waals surface area (Å²) in [6.07, 6.45) is 0. The first kappa shape index (κ1) is 24.0. The smallest absolute Gasteiger partial charge is 0.349 e. The number of carbonyl (C=O) groups is 2. The number of hydrogen-bond acceptors (Lipinski definition) is 7. The molecule has 0 amide bonds. The lowest BCUT2D eigenvalue weighted by atomic mass is 10.0. The Bertz CT molecular complexity index is 1060. The molecule has 0 heterocycles. The van der Waals surface area contributed by atoms with Gasteiger partial charge >= 0.3 is 11.9 Å². The average Bonchev–Trinajstić information content (AvgIpc) is 2.60. The van der Waals surface area contributed by atoms with Crippen molar-refractivity contribution in [3.05, 3.63) is 54.2 Å². The molecule has 0 unspecified atom stereocenters. The van der Waals surface area contributed by atoms with Gasteiger partial charge in [-0.05, 0) is 99.5 Å². The third-order valence-corrected chi connectivity index (χ3v) is 6.35. The quantitative estimate of drug-likeness (QED) is 0.203. The molecule has 0 bridgehead atoms. The topological polar surface area (TPSA) is 110 Å². The molecule has 7 nitrogen and oxygen atoms in total. The predicted molar refractivity (Wildman–Crippen MR) is 121 cm³/mol. The van der Waals surface area contributed by atoms with Gasteiger partial charge in [-0.1, -0.05) is 13.8 Å². The van der Waals surface area contributed by atoms with Crippen LogP contribution in [-0.2, 0) is 19.6 Å². The molecular formula is C19H17I2O7S-. The Hall–Kier alpha value is -1.25. The fourth-order valence-corrected chi connectivity index (χ4v) is 5.19. The fraction of sp³-hybridized carbons (Fsp3) is 0.263. The summed E-state index contributed by atoms with van der Waals surface area (Å²) in [4.78, 5) is 23.9. The summed E-state index contributed by atoms with van der Waals surface area (Å²) >= 11 is 4.12. The molecule has 2 aromatic rings. The van der Waals surface area contributed by atoms with Gasteiger partial charge in [0.2, 0.25) is 0 Å². The molecule has 29 heavy (non-hydrogen) atoms. The fourth-order valence-electron chi connectivity index (χ4n) is 2.46. The van der Waals surface area contributed by atoms with Gasteiger partial charge in [0.15, 0.2) is 6.61 Å². The Balaban J connectivity index is 2.14. The zero-order valence-corrected chi connectivity index (χ0v) is 20.8. The van der Waals surface area contributed by atoms with E-state index in [1.54, 1.807) is 32.0 Å². The summed E-state index contributed by atoms with van der Waals surface area (Å²) in [5, 5.41) is 0. The molecule has 10 heteroatoms. The molecule has 2 aromatic carbocycles. The van der Waals surface area contributed by atoms with Crippen LogP contribution in [0.1, 0.15) is 41.3 Å². The molecule has 0 aliphatic heterocycles. The number of esters is 2. The molecule has 156 valence electrons. The Labute approximate surface area is 196 Å². The largest absolute Gasteiger partial charge is 0.744 e. The lowest BCUT2D eigenvalue weighted by molar-refractivity contribution is -0.137. The van der Waals surface area contributed by atoms with Gasteiger partial charge in [-0.2, -0.15) is 0 Å². The minimum atomic E-state index is -4.67. The van der Waals surface area contributed by atoms with Gasteiger partial charge < -0.3 is 14.0 Å². The summed E-state index contributed by atoms with van der Waals surface area (Å²) in [6, 6.07) is 7.70. The van der Waals surface area contributed by atoms with Crippen molar-refractivity contribution >= 4 is 67.2 Å². The van der Waals surface area contributed by atoms with Crippen molar-refractivity contribution in [1.29, 1.82) is 0 Å². The highest BCUT2D eigenvalue weighted by atomic mass is 127. The van der Waals surface area contributed by atoms with Crippen molar-refractivity contribution in [2.45, 2.75) is 31.6 Å². The van der Waals surface area contributed by atoms with Crippen LogP contribution in [0.5, 0.6) is 5.75 Å². The van der Waals surface area contributed by atoms with E-state index in [1.807, 2.05) is 22.6 Å². The molecule has 0 spiro atoms. The minimum Gasteiger partial charge on any atom is -0.744 e. The lowest BCUT2D eigenvalue weighted by Gasteiger charge is -2.18. The maximum atomic E-state index is 12.2. The highest BCUT2D eigenvalue weighted by molar-refractivity contribution is 14.1. The van der Waals surface area contributed by atoms with E-state index >= 15 is 0 Å². The number of carbonyl (C=O) groups excluding carboxylic acids is 2. The lowest BCUT2D eigenvalue weighted by Crippen LogP contribution is -2.20. The Morgan fingerprint density at radius 2 is 1.79 bits per heavy atom. The zero-order valence-electron chi connectivity index (χ0n) is 15.7. The number of ether oxygens (including phenoxy) is 2. The van der Waals surface area contributed by atoms with Crippen molar-refractivity contribution < 1.29 is 32.0 Å². The first-order chi connectivity index (χ1) is 13.4. The number of rotatable bonds is 6. The van der Waals surface area contributed by atoms with Crippen LogP contribution in [0.4, 0.5) is 0 Å². The van der Waals surface area contributed by atoms with Gasteiger partial charge in [-0.25, -0.2) is 18.0 Å². The van der Waals surface area contributed by atoms with E-state index in [2.05, 4.69) is 22.6 Å². The van der Waals surface area contributed by atoms with Gasteiger partial charge in [0.25, 0.3) is 0 Å².